The number of hydrogen-bond acceptors (Lipinski definition) is 7. The largest absolute Gasteiger partial charge is 0.480 e. The molecule has 0 aliphatic heterocycles. The van der Waals surface area contributed by atoms with Gasteiger partial charge in [-0.25, -0.2) is 19.2 Å². The van der Waals surface area contributed by atoms with E-state index < -0.39 is 17.9 Å². The minimum absolute atomic E-state index is 0.181. The van der Waals surface area contributed by atoms with Gasteiger partial charge in [-0.1, -0.05) is 25.2 Å². The van der Waals surface area contributed by atoms with Crippen molar-refractivity contribution in [3.8, 4) is 10.6 Å². The Hall–Kier alpha value is -3.37. The van der Waals surface area contributed by atoms with E-state index in [0.717, 1.165) is 21.5 Å². The summed E-state index contributed by atoms with van der Waals surface area (Å²) in [5.74, 6) is -2.13. The van der Waals surface area contributed by atoms with E-state index in [1.165, 1.54) is 34.8 Å². The Morgan fingerprint density at radius 1 is 1.09 bits per heavy atom. The lowest BCUT2D eigenvalue weighted by atomic mass is 10.0. The average Bonchev–Trinajstić information content (AvgIpc) is 3.38. The summed E-state index contributed by atoms with van der Waals surface area (Å²) < 4.78 is 14.1. The molecule has 7 nitrogen and oxygen atoms in total. The molecule has 0 radical (unpaired) electrons. The zero-order valence-electron chi connectivity index (χ0n) is 17.1. The van der Waals surface area contributed by atoms with Crippen molar-refractivity contribution in [1.82, 2.24) is 15.3 Å². The van der Waals surface area contributed by atoms with Crippen LogP contribution in [-0.2, 0) is 4.79 Å². The first kappa shape index (κ1) is 21.8. The number of nitrogens with zero attached hydrogens (tertiary/aromatic N) is 2. The molecule has 2 aromatic heterocycles. The summed E-state index contributed by atoms with van der Waals surface area (Å²) >= 11 is 2.67. The number of anilines is 2. The molecule has 2 heterocycles. The van der Waals surface area contributed by atoms with Crippen molar-refractivity contribution in [2.75, 3.05) is 5.32 Å². The number of nitrogens with one attached hydrogen (secondary N) is 2. The van der Waals surface area contributed by atoms with E-state index in [1.807, 2.05) is 24.3 Å². The van der Waals surface area contributed by atoms with Gasteiger partial charge in [0.05, 0.1) is 10.2 Å². The highest BCUT2D eigenvalue weighted by molar-refractivity contribution is 7.22. The summed E-state index contributed by atoms with van der Waals surface area (Å²) in [6.45, 7) is 3.46. The Morgan fingerprint density at radius 2 is 1.84 bits per heavy atom. The Labute approximate surface area is 191 Å². The number of aromatic nitrogens is 2. The Bertz CT molecular complexity index is 1280. The first-order valence-corrected chi connectivity index (χ1v) is 11.4. The van der Waals surface area contributed by atoms with E-state index in [1.54, 1.807) is 25.3 Å². The Balaban J connectivity index is 1.45. The van der Waals surface area contributed by atoms with Gasteiger partial charge in [0, 0.05) is 16.6 Å². The highest BCUT2D eigenvalue weighted by atomic mass is 32.1. The number of carboxylic acid groups (broad SMARTS) is 1. The van der Waals surface area contributed by atoms with Crippen LogP contribution in [0, 0.1) is 11.7 Å². The molecule has 1 atom stereocenters. The number of amides is 1. The third kappa shape index (κ3) is 4.76. The molecule has 3 N–H and O–H groups in total. The van der Waals surface area contributed by atoms with E-state index >= 15 is 0 Å². The number of carbonyl (C=O) groups excluding carboxylic acids is 1. The third-order valence-corrected chi connectivity index (χ3v) is 6.51. The van der Waals surface area contributed by atoms with Crippen molar-refractivity contribution in [2.24, 2.45) is 5.92 Å². The molecule has 0 saturated carbocycles. The number of fused-ring (bicyclic) bond motifs is 1. The molecular formula is C22H19FN4O3S2. The molecule has 32 heavy (non-hydrogen) atoms. The number of benzene rings is 2. The van der Waals surface area contributed by atoms with Crippen LogP contribution >= 0.6 is 22.7 Å². The maximum absolute atomic E-state index is 13.4. The van der Waals surface area contributed by atoms with Crippen molar-refractivity contribution >= 4 is 55.6 Å². The van der Waals surface area contributed by atoms with E-state index in [9.17, 15) is 19.1 Å². The molecule has 0 aliphatic carbocycles. The van der Waals surface area contributed by atoms with Crippen molar-refractivity contribution in [2.45, 2.75) is 19.9 Å². The van der Waals surface area contributed by atoms with Gasteiger partial charge >= 0.3 is 5.97 Å². The Kier molecular flexibility index (Phi) is 6.15. The second kappa shape index (κ2) is 9.01. The van der Waals surface area contributed by atoms with Gasteiger partial charge < -0.3 is 15.7 Å². The molecule has 164 valence electrons. The lowest BCUT2D eigenvalue weighted by Crippen LogP contribution is -2.44. The van der Waals surface area contributed by atoms with Crippen LogP contribution in [-0.4, -0.2) is 33.0 Å². The quantitative estimate of drug-likeness (QED) is 0.345. The van der Waals surface area contributed by atoms with Crippen LogP contribution in [0.25, 0.3) is 20.8 Å². The number of thiazole rings is 2. The second-order valence-corrected chi connectivity index (χ2v) is 9.29. The lowest BCUT2D eigenvalue weighted by Gasteiger charge is -2.16. The van der Waals surface area contributed by atoms with Crippen molar-refractivity contribution < 1.29 is 19.1 Å². The van der Waals surface area contributed by atoms with Crippen LogP contribution in [0.15, 0.2) is 47.8 Å². The minimum atomic E-state index is -1.08. The average molecular weight is 471 g/mol. The highest BCUT2D eigenvalue weighted by Crippen LogP contribution is 2.30. The third-order valence-electron chi connectivity index (χ3n) is 4.69. The second-order valence-electron chi connectivity index (χ2n) is 7.40. The summed E-state index contributed by atoms with van der Waals surface area (Å²) in [6, 6.07) is 11.0. The summed E-state index contributed by atoms with van der Waals surface area (Å²) in [5, 5.41) is 17.9. The predicted molar refractivity (Wildman–Crippen MR) is 124 cm³/mol. The molecule has 0 saturated heterocycles. The zero-order chi connectivity index (χ0) is 22.8. The molecule has 0 spiro atoms. The zero-order valence-corrected chi connectivity index (χ0v) is 18.8. The molecule has 4 aromatic rings. The van der Waals surface area contributed by atoms with Gasteiger partial charge in [-0.15, -0.1) is 11.3 Å². The summed E-state index contributed by atoms with van der Waals surface area (Å²) in [5.41, 5.74) is 2.54. The molecule has 10 heteroatoms. The van der Waals surface area contributed by atoms with Crippen LogP contribution in [0.1, 0.15) is 24.3 Å². The van der Waals surface area contributed by atoms with Gasteiger partial charge in [-0.3, -0.25) is 4.79 Å². The summed E-state index contributed by atoms with van der Waals surface area (Å²) in [6.07, 6.45) is 0. The van der Waals surface area contributed by atoms with Crippen LogP contribution in [0.3, 0.4) is 0 Å². The summed E-state index contributed by atoms with van der Waals surface area (Å²) in [7, 11) is 0. The predicted octanol–water partition coefficient (Wildman–Crippen LogP) is 5.14. The smallest absolute Gasteiger partial charge is 0.326 e. The maximum Gasteiger partial charge on any atom is 0.326 e. The van der Waals surface area contributed by atoms with E-state index in [4.69, 9.17) is 0 Å². The Morgan fingerprint density at radius 3 is 2.53 bits per heavy atom. The standard InChI is InChI=1S/C22H19FN4O3S2/c1-11(2)18(21(29)30)27-19(28)16-10-31-20(25-16)12-3-6-14(7-4-12)24-22-26-15-8-5-13(23)9-17(15)32-22/h3-11,18H,1-2H3,(H,24,26)(H,27,28)(H,29,30)/t18-/m0/s1. The number of hydrogen-bond donors (Lipinski definition) is 3. The van der Waals surface area contributed by atoms with E-state index in [0.29, 0.717) is 10.1 Å². The topological polar surface area (TPSA) is 104 Å². The fourth-order valence-electron chi connectivity index (χ4n) is 3.01. The molecule has 0 aliphatic rings. The van der Waals surface area contributed by atoms with Crippen LogP contribution in [0.5, 0.6) is 0 Å². The van der Waals surface area contributed by atoms with Crippen LogP contribution in [0.4, 0.5) is 15.2 Å². The van der Waals surface area contributed by atoms with Gasteiger partial charge in [0.15, 0.2) is 5.13 Å². The lowest BCUT2D eigenvalue weighted by molar-refractivity contribution is -0.140. The van der Waals surface area contributed by atoms with Gasteiger partial charge in [0.25, 0.3) is 5.91 Å². The fourth-order valence-corrected chi connectivity index (χ4v) is 4.73. The van der Waals surface area contributed by atoms with E-state index in [-0.39, 0.29) is 17.4 Å². The number of halogens is 1. The molecule has 1 amide bonds. The fraction of sp³-hybridized carbons (Fsp3) is 0.182. The monoisotopic (exact) mass is 470 g/mol. The van der Waals surface area contributed by atoms with E-state index in [2.05, 4.69) is 20.6 Å². The van der Waals surface area contributed by atoms with Crippen LogP contribution < -0.4 is 10.6 Å². The first-order chi connectivity index (χ1) is 15.3. The number of aliphatic carboxylic acids is 1. The van der Waals surface area contributed by atoms with Gasteiger partial charge in [0.2, 0.25) is 0 Å². The molecule has 2 aromatic carbocycles. The van der Waals surface area contributed by atoms with Crippen molar-refractivity contribution in [3.63, 3.8) is 0 Å². The number of rotatable bonds is 7. The first-order valence-electron chi connectivity index (χ1n) is 9.73. The molecule has 4 rings (SSSR count). The van der Waals surface area contributed by atoms with Crippen molar-refractivity contribution in [1.29, 1.82) is 0 Å². The minimum Gasteiger partial charge on any atom is -0.480 e. The van der Waals surface area contributed by atoms with Crippen molar-refractivity contribution in [3.05, 3.63) is 59.4 Å². The van der Waals surface area contributed by atoms with Crippen LogP contribution in [0.2, 0.25) is 0 Å². The molecule has 0 fully saturated rings. The number of carboxylic acids is 1. The normalized spacial score (nSPS) is 12.1. The molecule has 0 bridgehead atoms. The molecule has 0 unspecified atom stereocenters. The SMILES string of the molecule is CC(C)[C@H](NC(=O)c1csc(-c2ccc(Nc3nc4ccc(F)cc4s3)cc2)n1)C(=O)O. The highest BCUT2D eigenvalue weighted by Gasteiger charge is 2.25. The van der Waals surface area contributed by atoms with Gasteiger partial charge in [-0.2, -0.15) is 0 Å². The summed E-state index contributed by atoms with van der Waals surface area (Å²) in [4.78, 5) is 32.5. The van der Waals surface area contributed by atoms with Gasteiger partial charge in [-0.05, 0) is 48.4 Å². The van der Waals surface area contributed by atoms with Gasteiger partial charge in [0.1, 0.15) is 22.6 Å². The number of carbonyl (C=O) groups is 2. The maximum atomic E-state index is 13.4. The molecular weight excluding hydrogens is 451 g/mol.